The lowest BCUT2D eigenvalue weighted by molar-refractivity contribution is -0.121. The molecule has 0 aromatic heterocycles. The van der Waals surface area contributed by atoms with E-state index in [1.165, 1.54) is 0 Å². The van der Waals surface area contributed by atoms with E-state index in [0.29, 0.717) is 22.0 Å². The lowest BCUT2D eigenvalue weighted by Crippen LogP contribution is -2.31. The second-order valence-corrected chi connectivity index (χ2v) is 8.18. The smallest absolute Gasteiger partial charge is 0.234 e. The molecule has 0 bridgehead atoms. The molecule has 2 N–H and O–H groups in total. The normalized spacial score (nSPS) is 16.0. The molecule has 0 saturated heterocycles. The van der Waals surface area contributed by atoms with E-state index in [4.69, 9.17) is 4.74 Å². The predicted molar refractivity (Wildman–Crippen MR) is 116 cm³/mol. The van der Waals surface area contributed by atoms with Gasteiger partial charge in [-0.3, -0.25) is 9.59 Å². The third kappa shape index (κ3) is 5.40. The summed E-state index contributed by atoms with van der Waals surface area (Å²) >= 11 is 4.57. The van der Waals surface area contributed by atoms with Crippen LogP contribution in [0.3, 0.4) is 0 Å². The van der Waals surface area contributed by atoms with Gasteiger partial charge in [-0.25, -0.2) is 0 Å². The summed E-state index contributed by atoms with van der Waals surface area (Å²) < 4.78 is 6.02. The number of carbonyl (C=O) groups excluding carboxylic acids is 2. The molecule has 2 aromatic carbocycles. The molecular formula is C21H18BrN3O3S. The van der Waals surface area contributed by atoms with Crippen molar-refractivity contribution in [2.24, 2.45) is 0 Å². The third-order valence-corrected chi connectivity index (χ3v) is 5.82. The standard InChI is InChI=1S/C21H18BrN3O3S/c1-28-16-7-3-6-15(9-16)24-20(27)12-29-21-18(11-23)17(10-19(26)25-21)13-4-2-5-14(22)8-13/h2-9,17H,10,12H2,1H3,(H,24,27)(H,25,26)/t17-/m1/s1. The van der Waals surface area contributed by atoms with Crippen LogP contribution in [0.15, 0.2) is 63.6 Å². The Bertz CT molecular complexity index is 1020. The summed E-state index contributed by atoms with van der Waals surface area (Å²) in [5, 5.41) is 15.7. The zero-order valence-corrected chi connectivity index (χ0v) is 18.0. The summed E-state index contributed by atoms with van der Waals surface area (Å²) in [4.78, 5) is 24.5. The molecule has 0 aliphatic carbocycles. The van der Waals surface area contributed by atoms with Gasteiger partial charge in [0.15, 0.2) is 0 Å². The van der Waals surface area contributed by atoms with Crippen molar-refractivity contribution in [2.45, 2.75) is 12.3 Å². The second kappa shape index (κ2) is 9.63. The van der Waals surface area contributed by atoms with Crippen LogP contribution in [0.25, 0.3) is 0 Å². The fourth-order valence-electron chi connectivity index (χ4n) is 2.98. The summed E-state index contributed by atoms with van der Waals surface area (Å²) in [5.41, 5.74) is 1.95. The van der Waals surface area contributed by atoms with Crippen molar-refractivity contribution in [3.05, 3.63) is 69.2 Å². The van der Waals surface area contributed by atoms with E-state index in [1.54, 1.807) is 31.4 Å². The van der Waals surface area contributed by atoms with Crippen molar-refractivity contribution >= 4 is 45.2 Å². The van der Waals surface area contributed by atoms with Gasteiger partial charge in [0.2, 0.25) is 11.8 Å². The molecule has 8 heteroatoms. The monoisotopic (exact) mass is 471 g/mol. The molecule has 1 atom stereocenters. The molecule has 1 heterocycles. The molecule has 3 rings (SSSR count). The van der Waals surface area contributed by atoms with Crippen LogP contribution in [0.2, 0.25) is 0 Å². The first kappa shape index (κ1) is 21.0. The first-order valence-corrected chi connectivity index (χ1v) is 10.5. The minimum Gasteiger partial charge on any atom is -0.497 e. The molecule has 0 saturated carbocycles. The topological polar surface area (TPSA) is 91.2 Å². The Balaban J connectivity index is 1.74. The average Bonchev–Trinajstić information content (AvgIpc) is 2.72. The SMILES string of the molecule is COc1cccc(NC(=O)CSC2=C(C#N)[C@@H](c3cccc(Br)c3)CC(=O)N2)c1. The van der Waals surface area contributed by atoms with Gasteiger partial charge in [-0.15, -0.1) is 0 Å². The first-order valence-electron chi connectivity index (χ1n) is 8.76. The zero-order chi connectivity index (χ0) is 20.8. The molecule has 0 fully saturated rings. The number of amides is 2. The van der Waals surface area contributed by atoms with Crippen LogP contribution in [-0.4, -0.2) is 24.7 Å². The summed E-state index contributed by atoms with van der Waals surface area (Å²) in [7, 11) is 1.56. The molecule has 1 aliphatic rings. The Kier molecular flexibility index (Phi) is 6.96. The van der Waals surface area contributed by atoms with E-state index < -0.39 is 0 Å². The fourth-order valence-corrected chi connectivity index (χ4v) is 4.27. The molecule has 0 unspecified atom stereocenters. The first-order chi connectivity index (χ1) is 14.0. The van der Waals surface area contributed by atoms with Gasteiger partial charge in [-0.05, 0) is 29.8 Å². The number of anilines is 1. The number of methoxy groups -OCH3 is 1. The lowest BCUT2D eigenvalue weighted by atomic mass is 9.87. The molecule has 2 amide bonds. The van der Waals surface area contributed by atoms with Crippen LogP contribution < -0.4 is 15.4 Å². The average molecular weight is 472 g/mol. The van der Waals surface area contributed by atoms with Crippen molar-refractivity contribution in [1.82, 2.24) is 5.32 Å². The highest BCUT2D eigenvalue weighted by Crippen LogP contribution is 2.36. The predicted octanol–water partition coefficient (Wildman–Crippen LogP) is 4.17. The number of carbonyl (C=O) groups is 2. The Morgan fingerprint density at radius 2 is 2.14 bits per heavy atom. The van der Waals surface area contributed by atoms with E-state index in [-0.39, 0.29) is 29.9 Å². The highest BCUT2D eigenvalue weighted by molar-refractivity contribution is 9.10. The zero-order valence-electron chi connectivity index (χ0n) is 15.6. The van der Waals surface area contributed by atoms with E-state index in [0.717, 1.165) is 21.8 Å². The van der Waals surface area contributed by atoms with Gasteiger partial charge in [-0.1, -0.05) is 45.9 Å². The molecule has 6 nitrogen and oxygen atoms in total. The Labute approximate surface area is 181 Å². The number of hydrogen-bond donors (Lipinski definition) is 2. The minimum atomic E-state index is -0.338. The fraction of sp³-hybridized carbons (Fsp3) is 0.190. The Morgan fingerprint density at radius 1 is 1.34 bits per heavy atom. The number of rotatable bonds is 6. The van der Waals surface area contributed by atoms with Crippen molar-refractivity contribution in [3.63, 3.8) is 0 Å². The number of ether oxygens (including phenoxy) is 1. The number of nitriles is 1. The van der Waals surface area contributed by atoms with Gasteiger partial charge in [0.25, 0.3) is 0 Å². The maximum Gasteiger partial charge on any atom is 0.234 e. The van der Waals surface area contributed by atoms with E-state index in [1.807, 2.05) is 24.3 Å². The largest absolute Gasteiger partial charge is 0.497 e. The summed E-state index contributed by atoms with van der Waals surface area (Å²) in [6, 6.07) is 16.8. The van der Waals surface area contributed by atoms with Gasteiger partial charge in [-0.2, -0.15) is 5.26 Å². The number of allylic oxidation sites excluding steroid dienone is 1. The van der Waals surface area contributed by atoms with Gasteiger partial charge >= 0.3 is 0 Å². The highest BCUT2D eigenvalue weighted by atomic mass is 79.9. The van der Waals surface area contributed by atoms with Crippen LogP contribution in [-0.2, 0) is 9.59 Å². The van der Waals surface area contributed by atoms with Crippen molar-refractivity contribution in [1.29, 1.82) is 5.26 Å². The summed E-state index contributed by atoms with van der Waals surface area (Å²) in [6.07, 6.45) is 0.194. The van der Waals surface area contributed by atoms with Crippen molar-refractivity contribution in [3.8, 4) is 11.8 Å². The highest BCUT2D eigenvalue weighted by Gasteiger charge is 2.30. The molecule has 29 heavy (non-hydrogen) atoms. The maximum absolute atomic E-state index is 12.3. The van der Waals surface area contributed by atoms with Crippen molar-refractivity contribution < 1.29 is 14.3 Å². The van der Waals surface area contributed by atoms with Gasteiger partial charge in [0.1, 0.15) is 5.75 Å². The number of benzene rings is 2. The van der Waals surface area contributed by atoms with Gasteiger partial charge in [0.05, 0.1) is 29.5 Å². The second-order valence-electron chi connectivity index (χ2n) is 6.28. The number of nitrogens with zero attached hydrogens (tertiary/aromatic N) is 1. The third-order valence-electron chi connectivity index (χ3n) is 4.31. The van der Waals surface area contributed by atoms with E-state index >= 15 is 0 Å². The molecule has 0 spiro atoms. The van der Waals surface area contributed by atoms with Crippen LogP contribution in [0.1, 0.15) is 17.9 Å². The molecular weight excluding hydrogens is 454 g/mol. The Hall–Kier alpha value is -2.76. The van der Waals surface area contributed by atoms with Gasteiger partial charge in [0, 0.05) is 28.6 Å². The minimum absolute atomic E-state index is 0.0587. The summed E-state index contributed by atoms with van der Waals surface area (Å²) in [5.74, 6) is -0.0588. The van der Waals surface area contributed by atoms with E-state index in [9.17, 15) is 14.9 Å². The molecule has 1 aliphatic heterocycles. The molecule has 2 aromatic rings. The van der Waals surface area contributed by atoms with Crippen molar-refractivity contribution in [2.75, 3.05) is 18.2 Å². The van der Waals surface area contributed by atoms with E-state index in [2.05, 4.69) is 32.6 Å². The van der Waals surface area contributed by atoms with Crippen LogP contribution in [0.5, 0.6) is 5.75 Å². The molecule has 0 radical (unpaired) electrons. The van der Waals surface area contributed by atoms with Gasteiger partial charge < -0.3 is 15.4 Å². The Morgan fingerprint density at radius 3 is 2.86 bits per heavy atom. The van der Waals surface area contributed by atoms with Crippen LogP contribution >= 0.6 is 27.7 Å². The number of hydrogen-bond acceptors (Lipinski definition) is 5. The van der Waals surface area contributed by atoms with Crippen LogP contribution in [0, 0.1) is 11.3 Å². The number of nitrogens with one attached hydrogen (secondary N) is 2. The number of halogens is 1. The molecule has 148 valence electrons. The van der Waals surface area contributed by atoms with Crippen LogP contribution in [0.4, 0.5) is 5.69 Å². The maximum atomic E-state index is 12.3. The summed E-state index contributed by atoms with van der Waals surface area (Å²) in [6.45, 7) is 0. The quantitative estimate of drug-likeness (QED) is 0.659. The lowest BCUT2D eigenvalue weighted by Gasteiger charge is -2.25. The number of thioether (sulfide) groups is 1.